The number of morpholine rings is 1. The largest absolute Gasteiger partial charge is 0.478 e. The molecule has 138 valence electrons. The fourth-order valence-electron chi connectivity index (χ4n) is 3.29. The molecule has 0 unspecified atom stereocenters. The molecule has 4 rings (SSSR count). The minimum Gasteiger partial charge on any atom is -0.478 e. The van der Waals surface area contributed by atoms with E-state index in [0.717, 1.165) is 24.3 Å². The average molecular weight is 365 g/mol. The van der Waals surface area contributed by atoms with Gasteiger partial charge in [-0.25, -0.2) is 9.79 Å². The van der Waals surface area contributed by atoms with Crippen LogP contribution >= 0.6 is 0 Å². The number of aromatic carboxylic acids is 1. The molecule has 0 bridgehead atoms. The first-order valence-corrected chi connectivity index (χ1v) is 8.77. The summed E-state index contributed by atoms with van der Waals surface area (Å²) in [5.74, 6) is -1.20. The highest BCUT2D eigenvalue weighted by atomic mass is 16.5. The lowest BCUT2D eigenvalue weighted by atomic mass is 10.1. The number of carboxylic acid groups (broad SMARTS) is 1. The normalized spacial score (nSPS) is 18.7. The monoisotopic (exact) mass is 365 g/mol. The fraction of sp³-hybridized carbons (Fsp3) is 0.250. The van der Waals surface area contributed by atoms with E-state index >= 15 is 0 Å². The van der Waals surface area contributed by atoms with E-state index in [1.807, 2.05) is 24.3 Å². The minimum atomic E-state index is -1.02. The molecular weight excluding hydrogens is 346 g/mol. The Bertz CT molecular complexity index is 919. The summed E-state index contributed by atoms with van der Waals surface area (Å²) in [6.07, 6.45) is 0. The maximum absolute atomic E-state index is 13.1. The lowest BCUT2D eigenvalue weighted by Crippen LogP contribution is -2.45. The van der Waals surface area contributed by atoms with E-state index < -0.39 is 5.97 Å². The fourth-order valence-corrected chi connectivity index (χ4v) is 3.29. The van der Waals surface area contributed by atoms with Crippen LogP contribution in [0.25, 0.3) is 0 Å². The molecule has 2 aromatic rings. The van der Waals surface area contributed by atoms with Crippen molar-refractivity contribution in [1.82, 2.24) is 4.90 Å². The van der Waals surface area contributed by atoms with E-state index in [9.17, 15) is 9.59 Å². The van der Waals surface area contributed by atoms with Crippen molar-refractivity contribution in [3.63, 3.8) is 0 Å². The third kappa shape index (κ3) is 3.47. The molecule has 2 aliphatic heterocycles. The van der Waals surface area contributed by atoms with E-state index in [1.165, 1.54) is 12.1 Å². The number of fused-ring (bicyclic) bond motifs is 1. The Morgan fingerprint density at radius 1 is 1.11 bits per heavy atom. The van der Waals surface area contributed by atoms with Crippen LogP contribution in [0, 0.1) is 0 Å². The third-order valence-electron chi connectivity index (χ3n) is 4.68. The second kappa shape index (κ2) is 7.30. The molecule has 0 aliphatic carbocycles. The van der Waals surface area contributed by atoms with Crippen molar-refractivity contribution in [2.24, 2.45) is 4.99 Å². The van der Waals surface area contributed by atoms with Crippen molar-refractivity contribution in [3.05, 3.63) is 59.7 Å². The Morgan fingerprint density at radius 2 is 1.89 bits per heavy atom. The topological polar surface area (TPSA) is 82.4 Å². The molecule has 0 aromatic heterocycles. The van der Waals surface area contributed by atoms with Crippen LogP contribution < -0.4 is 4.90 Å². The average Bonchev–Trinajstić information content (AvgIpc) is 2.95. The third-order valence-corrected chi connectivity index (χ3v) is 4.68. The molecule has 0 radical (unpaired) electrons. The van der Waals surface area contributed by atoms with Gasteiger partial charge in [0.2, 0.25) is 0 Å². The number of carbonyl (C=O) groups is 2. The SMILES string of the molecule is O=C(O)c1cccc(N=C2C(=O)N(CN3CCOCC3)c3ccccc32)c1. The van der Waals surface area contributed by atoms with Crippen LogP contribution in [0.15, 0.2) is 53.5 Å². The van der Waals surface area contributed by atoms with Gasteiger partial charge in [0, 0.05) is 18.7 Å². The first-order valence-electron chi connectivity index (χ1n) is 8.77. The van der Waals surface area contributed by atoms with Gasteiger partial charge in [-0.15, -0.1) is 0 Å². The van der Waals surface area contributed by atoms with Crippen LogP contribution in [0.3, 0.4) is 0 Å². The Kier molecular flexibility index (Phi) is 4.70. The van der Waals surface area contributed by atoms with Gasteiger partial charge in [0.05, 0.1) is 36.8 Å². The van der Waals surface area contributed by atoms with E-state index in [4.69, 9.17) is 9.84 Å². The molecular formula is C20H19N3O4. The van der Waals surface area contributed by atoms with Crippen LogP contribution in [0.5, 0.6) is 0 Å². The maximum atomic E-state index is 13.1. The molecule has 1 saturated heterocycles. The summed E-state index contributed by atoms with van der Waals surface area (Å²) in [6.45, 7) is 3.35. The molecule has 1 amide bonds. The van der Waals surface area contributed by atoms with E-state index in [2.05, 4.69) is 9.89 Å². The molecule has 7 heteroatoms. The van der Waals surface area contributed by atoms with Crippen molar-refractivity contribution in [2.75, 3.05) is 37.9 Å². The molecule has 0 saturated carbocycles. The predicted octanol–water partition coefficient (Wildman–Crippen LogP) is 2.14. The molecule has 2 heterocycles. The van der Waals surface area contributed by atoms with E-state index in [-0.39, 0.29) is 11.5 Å². The number of para-hydroxylation sites is 1. The molecule has 27 heavy (non-hydrogen) atoms. The number of benzene rings is 2. The number of aliphatic imine (C=N–C) groups is 1. The van der Waals surface area contributed by atoms with Crippen LogP contribution in [-0.2, 0) is 9.53 Å². The van der Waals surface area contributed by atoms with Gasteiger partial charge >= 0.3 is 5.97 Å². The molecule has 0 atom stereocenters. The molecule has 1 fully saturated rings. The van der Waals surface area contributed by atoms with Crippen molar-refractivity contribution in [2.45, 2.75) is 0 Å². The number of carbonyl (C=O) groups excluding carboxylic acids is 1. The lowest BCUT2D eigenvalue weighted by molar-refractivity contribution is -0.112. The van der Waals surface area contributed by atoms with Gasteiger partial charge in [-0.2, -0.15) is 0 Å². The highest BCUT2D eigenvalue weighted by molar-refractivity contribution is 6.54. The molecule has 0 spiro atoms. The van der Waals surface area contributed by atoms with Gasteiger partial charge in [0.15, 0.2) is 0 Å². The number of ether oxygens (including phenoxy) is 1. The van der Waals surface area contributed by atoms with Gasteiger partial charge in [0.25, 0.3) is 5.91 Å². The van der Waals surface area contributed by atoms with Gasteiger partial charge in [-0.3, -0.25) is 14.6 Å². The second-order valence-electron chi connectivity index (χ2n) is 6.44. The number of rotatable bonds is 4. The summed E-state index contributed by atoms with van der Waals surface area (Å²) in [7, 11) is 0. The minimum absolute atomic E-state index is 0.140. The highest BCUT2D eigenvalue weighted by Gasteiger charge is 2.34. The van der Waals surface area contributed by atoms with Crippen molar-refractivity contribution in [3.8, 4) is 0 Å². The zero-order valence-corrected chi connectivity index (χ0v) is 14.7. The first kappa shape index (κ1) is 17.4. The summed E-state index contributed by atoms with van der Waals surface area (Å²) in [5, 5.41) is 9.16. The number of hydrogen-bond acceptors (Lipinski definition) is 5. The number of amides is 1. The first-order chi connectivity index (χ1) is 13.1. The molecule has 1 N–H and O–H groups in total. The smallest absolute Gasteiger partial charge is 0.335 e. The van der Waals surface area contributed by atoms with E-state index in [1.54, 1.807) is 17.0 Å². The number of hydrogen-bond donors (Lipinski definition) is 1. The standard InChI is InChI=1S/C20H19N3O4/c24-19-18(21-15-5-3-4-14(12-15)20(25)26)16-6-1-2-7-17(16)23(19)13-22-8-10-27-11-9-22/h1-7,12H,8-11,13H2,(H,25,26). The summed E-state index contributed by atoms with van der Waals surface area (Å²) < 4.78 is 5.37. The Morgan fingerprint density at radius 3 is 2.67 bits per heavy atom. The summed E-state index contributed by atoms with van der Waals surface area (Å²) in [6, 6.07) is 13.8. The predicted molar refractivity (Wildman–Crippen MR) is 101 cm³/mol. The molecule has 2 aromatic carbocycles. The highest BCUT2D eigenvalue weighted by Crippen LogP contribution is 2.31. The van der Waals surface area contributed by atoms with Crippen molar-refractivity contribution < 1.29 is 19.4 Å². The number of nitrogens with zero attached hydrogens (tertiary/aromatic N) is 3. The van der Waals surface area contributed by atoms with E-state index in [0.29, 0.717) is 31.3 Å². The quantitative estimate of drug-likeness (QED) is 0.898. The van der Waals surface area contributed by atoms with Crippen molar-refractivity contribution >= 4 is 29.0 Å². The van der Waals surface area contributed by atoms with Crippen LogP contribution in [0.1, 0.15) is 15.9 Å². The zero-order valence-electron chi connectivity index (χ0n) is 14.7. The van der Waals surface area contributed by atoms with Crippen LogP contribution in [0.2, 0.25) is 0 Å². The van der Waals surface area contributed by atoms with Gasteiger partial charge < -0.3 is 9.84 Å². The lowest BCUT2D eigenvalue weighted by Gasteiger charge is -2.30. The van der Waals surface area contributed by atoms with Gasteiger partial charge in [0.1, 0.15) is 5.71 Å². The van der Waals surface area contributed by atoms with Gasteiger partial charge in [-0.1, -0.05) is 24.3 Å². The number of anilines is 1. The Balaban J connectivity index is 1.68. The Labute approximate surface area is 156 Å². The summed E-state index contributed by atoms with van der Waals surface area (Å²) >= 11 is 0. The van der Waals surface area contributed by atoms with Crippen molar-refractivity contribution in [1.29, 1.82) is 0 Å². The second-order valence-corrected chi connectivity index (χ2v) is 6.44. The summed E-state index contributed by atoms with van der Waals surface area (Å²) in [5.41, 5.74) is 2.50. The van der Waals surface area contributed by atoms with Crippen LogP contribution in [0.4, 0.5) is 11.4 Å². The number of carboxylic acids is 1. The Hall–Kier alpha value is -3.03. The molecule has 7 nitrogen and oxygen atoms in total. The molecule has 2 aliphatic rings. The zero-order chi connectivity index (χ0) is 18.8. The van der Waals surface area contributed by atoms with Gasteiger partial charge in [-0.05, 0) is 24.3 Å². The van der Waals surface area contributed by atoms with Crippen LogP contribution in [-0.4, -0.2) is 60.6 Å². The maximum Gasteiger partial charge on any atom is 0.335 e. The summed E-state index contributed by atoms with van der Waals surface area (Å²) in [4.78, 5) is 32.6.